The number of fused-ring (bicyclic) bond motifs is 1. The number of nitrogens with one attached hydrogen (secondary N) is 1. The Balaban J connectivity index is 1.52. The summed E-state index contributed by atoms with van der Waals surface area (Å²) in [5.41, 5.74) is 0.315. The van der Waals surface area contributed by atoms with Crippen LogP contribution in [0.2, 0.25) is 0 Å². The number of carbonyl (C=O) groups is 3. The van der Waals surface area contributed by atoms with Crippen molar-refractivity contribution in [1.29, 1.82) is 0 Å². The van der Waals surface area contributed by atoms with Crippen LogP contribution >= 0.6 is 23.1 Å². The van der Waals surface area contributed by atoms with Crippen LogP contribution in [0.4, 0.5) is 0 Å². The van der Waals surface area contributed by atoms with E-state index in [0.29, 0.717) is 37.8 Å². The molecule has 3 aliphatic heterocycles. The van der Waals surface area contributed by atoms with Crippen LogP contribution in [0.3, 0.4) is 0 Å². The first-order valence-corrected chi connectivity index (χ1v) is 12.6. The summed E-state index contributed by atoms with van der Waals surface area (Å²) in [4.78, 5) is 46.3. The molecule has 2 atom stereocenters. The van der Waals surface area contributed by atoms with Crippen molar-refractivity contribution in [2.75, 3.05) is 32.1 Å². The van der Waals surface area contributed by atoms with Gasteiger partial charge in [-0.3, -0.25) is 14.5 Å². The van der Waals surface area contributed by atoms with Crippen LogP contribution in [-0.2, 0) is 25.5 Å². The molecule has 0 aliphatic carbocycles. The third kappa shape index (κ3) is 4.69. The number of rotatable bonds is 7. The lowest BCUT2D eigenvalue weighted by Gasteiger charge is -2.49. The van der Waals surface area contributed by atoms with Crippen LogP contribution in [0.1, 0.15) is 24.6 Å². The monoisotopic (exact) mass is 478 g/mol. The molecule has 2 fully saturated rings. The van der Waals surface area contributed by atoms with Gasteiger partial charge in [0.25, 0.3) is 5.91 Å². The molecular weight excluding hydrogens is 452 g/mol. The van der Waals surface area contributed by atoms with E-state index >= 15 is 0 Å². The minimum atomic E-state index is -1.18. The second kappa shape index (κ2) is 10.1. The zero-order chi connectivity index (χ0) is 22.7. The average Bonchev–Trinajstić information content (AvgIpc) is 3.30. The smallest absolute Gasteiger partial charge is 0.354 e. The van der Waals surface area contributed by atoms with Crippen LogP contribution in [0.5, 0.6) is 0 Å². The second-order valence-electron chi connectivity index (χ2n) is 7.69. The van der Waals surface area contributed by atoms with Gasteiger partial charge >= 0.3 is 5.97 Å². The number of thiophene rings is 1. The van der Waals surface area contributed by atoms with Crippen LogP contribution in [-0.4, -0.2) is 82.0 Å². The first kappa shape index (κ1) is 22.8. The number of carboxylic acids is 1. The molecule has 1 aromatic rings. The third-order valence-electron chi connectivity index (χ3n) is 5.50. The number of ether oxygens (including phenoxy) is 1. The first-order chi connectivity index (χ1) is 15.5. The standard InChI is InChI=1S/C21H26N4O5S2/c1-2-4-15(24-6-8-30-9-7-24)22-14-12-32-20-17(19(27)25(20)18(14)21(28)29)23-16(26)11-13-5-3-10-31-13/h3,5,10,17,20H,2,4,6-9,11-12H2,1H3,(H,23,26)(H,28,29)/t17-,20+/m1/s1. The summed E-state index contributed by atoms with van der Waals surface area (Å²) < 4.78 is 5.41. The molecule has 4 heterocycles. The second-order valence-corrected chi connectivity index (χ2v) is 9.83. The number of morpholine rings is 1. The van der Waals surface area contributed by atoms with Gasteiger partial charge in [0, 0.05) is 30.1 Å². The molecule has 2 saturated heterocycles. The van der Waals surface area contributed by atoms with Gasteiger partial charge in [-0.1, -0.05) is 13.0 Å². The summed E-state index contributed by atoms with van der Waals surface area (Å²) in [6.45, 7) is 4.71. The number of amidine groups is 1. The van der Waals surface area contributed by atoms with Gasteiger partial charge < -0.3 is 20.1 Å². The van der Waals surface area contributed by atoms with Gasteiger partial charge in [-0.05, 0) is 17.9 Å². The van der Waals surface area contributed by atoms with Crippen molar-refractivity contribution in [2.24, 2.45) is 4.99 Å². The van der Waals surface area contributed by atoms with Crippen molar-refractivity contribution in [3.05, 3.63) is 33.8 Å². The van der Waals surface area contributed by atoms with E-state index in [1.165, 1.54) is 28.0 Å². The van der Waals surface area contributed by atoms with E-state index in [1.807, 2.05) is 17.5 Å². The summed E-state index contributed by atoms with van der Waals surface area (Å²) in [7, 11) is 0. The van der Waals surface area contributed by atoms with Crippen molar-refractivity contribution in [3.63, 3.8) is 0 Å². The van der Waals surface area contributed by atoms with Crippen LogP contribution in [0, 0.1) is 0 Å². The van der Waals surface area contributed by atoms with E-state index in [0.717, 1.165) is 23.6 Å². The maximum absolute atomic E-state index is 12.8. The Bertz CT molecular complexity index is 940. The Morgan fingerprint density at radius 1 is 1.34 bits per heavy atom. The minimum Gasteiger partial charge on any atom is -0.477 e. The Labute approximate surface area is 194 Å². The predicted octanol–water partition coefficient (Wildman–Crippen LogP) is 1.52. The number of nitrogens with zero attached hydrogens (tertiary/aromatic N) is 3. The van der Waals surface area contributed by atoms with Gasteiger partial charge in [0.2, 0.25) is 5.91 Å². The molecule has 4 rings (SSSR count). The fourth-order valence-electron chi connectivity index (χ4n) is 3.97. The highest BCUT2D eigenvalue weighted by Crippen LogP contribution is 2.41. The topological polar surface area (TPSA) is 112 Å². The van der Waals surface area contributed by atoms with Crippen molar-refractivity contribution >= 4 is 46.7 Å². The Morgan fingerprint density at radius 2 is 2.12 bits per heavy atom. The molecule has 0 saturated carbocycles. The Morgan fingerprint density at radius 3 is 2.78 bits per heavy atom. The molecule has 0 radical (unpaired) electrons. The fraction of sp³-hybridized carbons (Fsp3) is 0.524. The number of hydrogen-bond acceptors (Lipinski definition) is 7. The zero-order valence-corrected chi connectivity index (χ0v) is 19.4. The molecule has 0 aromatic carbocycles. The van der Waals surface area contributed by atoms with Gasteiger partial charge in [0.1, 0.15) is 17.3 Å². The van der Waals surface area contributed by atoms with Crippen molar-refractivity contribution in [1.82, 2.24) is 15.1 Å². The Kier molecular flexibility index (Phi) is 7.17. The zero-order valence-electron chi connectivity index (χ0n) is 17.8. The van der Waals surface area contributed by atoms with Crippen LogP contribution in [0.15, 0.2) is 33.9 Å². The number of thioether (sulfide) groups is 1. The molecule has 11 heteroatoms. The van der Waals surface area contributed by atoms with Gasteiger partial charge in [0.15, 0.2) is 5.70 Å². The number of β-lactam (4-membered cyclic amide) rings is 1. The lowest BCUT2D eigenvalue weighted by Crippen LogP contribution is -2.70. The molecule has 9 nitrogen and oxygen atoms in total. The summed E-state index contributed by atoms with van der Waals surface area (Å²) in [6, 6.07) is 3.02. The summed E-state index contributed by atoms with van der Waals surface area (Å²) in [5.74, 6) is -0.630. The summed E-state index contributed by atoms with van der Waals surface area (Å²) in [5, 5.41) is 14.1. The van der Waals surface area contributed by atoms with Gasteiger partial charge in [-0.15, -0.1) is 23.1 Å². The molecule has 2 amide bonds. The van der Waals surface area contributed by atoms with Crippen molar-refractivity contribution < 1.29 is 24.2 Å². The molecule has 0 spiro atoms. The highest BCUT2D eigenvalue weighted by atomic mass is 32.2. The minimum absolute atomic E-state index is 0.0793. The fourth-order valence-corrected chi connectivity index (χ4v) is 5.94. The first-order valence-electron chi connectivity index (χ1n) is 10.6. The quantitative estimate of drug-likeness (QED) is 0.347. The maximum atomic E-state index is 12.8. The largest absolute Gasteiger partial charge is 0.477 e. The highest BCUT2D eigenvalue weighted by Gasteiger charge is 2.54. The highest BCUT2D eigenvalue weighted by molar-refractivity contribution is 8.00. The number of aliphatic imine (C=N–C) groups is 1. The molecular formula is C21H26N4O5S2. The van der Waals surface area contributed by atoms with E-state index < -0.39 is 23.3 Å². The van der Waals surface area contributed by atoms with Crippen LogP contribution in [0.25, 0.3) is 0 Å². The molecule has 2 N–H and O–H groups in total. The SMILES string of the molecule is CCCC(=NC1=C(C(=O)O)N2C(=O)[C@@H](NC(=O)Cc3cccs3)[C@@H]2SC1)N1CCOCC1. The van der Waals surface area contributed by atoms with Crippen molar-refractivity contribution in [3.8, 4) is 0 Å². The van der Waals surface area contributed by atoms with Gasteiger partial charge in [-0.25, -0.2) is 9.79 Å². The molecule has 32 heavy (non-hydrogen) atoms. The molecule has 3 aliphatic rings. The van der Waals surface area contributed by atoms with E-state index in [4.69, 9.17) is 9.73 Å². The van der Waals surface area contributed by atoms with E-state index in [2.05, 4.69) is 17.1 Å². The lowest BCUT2D eigenvalue weighted by molar-refractivity contribution is -0.150. The number of amides is 2. The third-order valence-corrected chi connectivity index (χ3v) is 7.64. The Hall–Kier alpha value is -2.37. The number of carbonyl (C=O) groups excluding carboxylic acids is 2. The van der Waals surface area contributed by atoms with E-state index in [9.17, 15) is 19.5 Å². The lowest BCUT2D eigenvalue weighted by atomic mass is 10.0. The molecule has 0 bridgehead atoms. The molecule has 0 unspecified atom stereocenters. The number of aliphatic carboxylic acids is 1. The summed E-state index contributed by atoms with van der Waals surface area (Å²) in [6.07, 6.45) is 1.80. The molecule has 1 aromatic heterocycles. The van der Waals surface area contributed by atoms with Gasteiger partial charge in [0.05, 0.1) is 25.3 Å². The summed E-state index contributed by atoms with van der Waals surface area (Å²) >= 11 is 2.91. The van der Waals surface area contributed by atoms with Gasteiger partial charge in [-0.2, -0.15) is 0 Å². The normalized spacial score (nSPS) is 23.7. The number of hydrogen-bond donors (Lipinski definition) is 2. The average molecular weight is 479 g/mol. The van der Waals surface area contributed by atoms with E-state index in [-0.39, 0.29) is 18.0 Å². The molecule has 172 valence electrons. The van der Waals surface area contributed by atoms with Crippen LogP contribution < -0.4 is 5.32 Å². The van der Waals surface area contributed by atoms with Crippen molar-refractivity contribution in [2.45, 2.75) is 37.6 Å². The van der Waals surface area contributed by atoms with E-state index in [1.54, 1.807) is 0 Å². The predicted molar refractivity (Wildman–Crippen MR) is 122 cm³/mol. The maximum Gasteiger partial charge on any atom is 0.354 e. The number of carboxylic acid groups (broad SMARTS) is 1.